The lowest BCUT2D eigenvalue weighted by atomic mass is 9.87. The van der Waals surface area contributed by atoms with Crippen LogP contribution < -0.4 is 0 Å². The highest BCUT2D eigenvalue weighted by Crippen LogP contribution is 2.40. The van der Waals surface area contributed by atoms with Crippen LogP contribution in [-0.2, 0) is 0 Å². The molecule has 0 atom stereocenters. The van der Waals surface area contributed by atoms with Crippen molar-refractivity contribution in [2.75, 3.05) is 0 Å². The Labute approximate surface area is 174 Å². The van der Waals surface area contributed by atoms with Gasteiger partial charge in [-0.25, -0.2) is 0 Å². The van der Waals surface area contributed by atoms with Gasteiger partial charge in [0.05, 0.1) is 0 Å². The smallest absolute Gasteiger partial charge is 0.193 e. The Balaban J connectivity index is 1.66. The first-order valence-electron chi connectivity index (χ1n) is 10.2. The Morgan fingerprint density at radius 1 is 0.467 bits per heavy atom. The molecule has 6 aromatic rings. The van der Waals surface area contributed by atoms with E-state index in [0.29, 0.717) is 5.56 Å². The molecule has 0 radical (unpaired) electrons. The Morgan fingerprint density at radius 3 is 1.90 bits per heavy atom. The first-order chi connectivity index (χ1) is 14.8. The van der Waals surface area contributed by atoms with Crippen molar-refractivity contribution in [2.24, 2.45) is 0 Å². The van der Waals surface area contributed by atoms with Gasteiger partial charge in [-0.05, 0) is 43.4 Å². The third kappa shape index (κ3) is 2.46. The number of benzene rings is 6. The second-order valence-corrected chi connectivity index (χ2v) is 7.71. The van der Waals surface area contributed by atoms with E-state index in [4.69, 9.17) is 0 Å². The Hall–Kier alpha value is -3.97. The molecule has 30 heavy (non-hydrogen) atoms. The zero-order chi connectivity index (χ0) is 20.1. The summed E-state index contributed by atoms with van der Waals surface area (Å²) in [5.41, 5.74) is 3.52. The van der Waals surface area contributed by atoms with E-state index >= 15 is 0 Å². The molecular formula is C29H18O. The monoisotopic (exact) mass is 382 g/mol. The second kappa shape index (κ2) is 6.53. The largest absolute Gasteiger partial charge is 0.289 e. The third-order valence-corrected chi connectivity index (χ3v) is 6.03. The molecule has 0 aromatic heterocycles. The lowest BCUT2D eigenvalue weighted by Crippen LogP contribution is -2.03. The normalized spacial score (nSPS) is 11.5. The Morgan fingerprint density at radius 2 is 1.10 bits per heavy atom. The van der Waals surface area contributed by atoms with E-state index in [1.165, 1.54) is 32.3 Å². The van der Waals surface area contributed by atoms with E-state index in [2.05, 4.69) is 60.7 Å². The first-order valence-corrected chi connectivity index (χ1v) is 10.2. The third-order valence-electron chi connectivity index (χ3n) is 6.03. The molecule has 1 heteroatoms. The lowest BCUT2D eigenvalue weighted by Gasteiger charge is -2.16. The maximum atomic E-state index is 13.3. The molecule has 0 N–H and O–H groups in total. The summed E-state index contributed by atoms with van der Waals surface area (Å²) in [6.45, 7) is 0. The lowest BCUT2D eigenvalue weighted by molar-refractivity contribution is 0.103. The maximum Gasteiger partial charge on any atom is 0.193 e. The van der Waals surface area contributed by atoms with Gasteiger partial charge in [0.2, 0.25) is 0 Å². The summed E-state index contributed by atoms with van der Waals surface area (Å²) in [5.74, 6) is 0.0527. The average molecular weight is 382 g/mol. The minimum Gasteiger partial charge on any atom is -0.289 e. The van der Waals surface area contributed by atoms with Crippen LogP contribution in [0.4, 0.5) is 0 Å². The molecule has 6 aromatic carbocycles. The topological polar surface area (TPSA) is 17.1 Å². The van der Waals surface area contributed by atoms with Crippen molar-refractivity contribution >= 4 is 38.1 Å². The van der Waals surface area contributed by atoms with Gasteiger partial charge in [-0.3, -0.25) is 4.79 Å². The predicted molar refractivity (Wildman–Crippen MR) is 125 cm³/mol. The summed E-state index contributed by atoms with van der Waals surface area (Å²) in [6.07, 6.45) is 0. The van der Waals surface area contributed by atoms with Crippen LogP contribution in [0, 0.1) is 0 Å². The van der Waals surface area contributed by atoms with E-state index in [1.807, 2.05) is 48.5 Å². The molecule has 140 valence electrons. The van der Waals surface area contributed by atoms with Gasteiger partial charge in [-0.2, -0.15) is 0 Å². The fourth-order valence-corrected chi connectivity index (χ4v) is 4.63. The number of rotatable bonds is 3. The minimum atomic E-state index is 0.0527. The van der Waals surface area contributed by atoms with Crippen molar-refractivity contribution in [3.63, 3.8) is 0 Å². The highest BCUT2D eigenvalue weighted by atomic mass is 16.1. The maximum absolute atomic E-state index is 13.3. The first kappa shape index (κ1) is 16.9. The molecule has 0 fully saturated rings. The molecule has 0 saturated carbocycles. The van der Waals surface area contributed by atoms with Gasteiger partial charge in [0.25, 0.3) is 0 Å². The summed E-state index contributed by atoms with van der Waals surface area (Å²) in [4.78, 5) is 13.3. The molecule has 0 aliphatic carbocycles. The van der Waals surface area contributed by atoms with Crippen LogP contribution in [0.1, 0.15) is 15.9 Å². The molecule has 1 nitrogen and oxygen atoms in total. The van der Waals surface area contributed by atoms with E-state index in [9.17, 15) is 4.79 Å². The predicted octanol–water partition coefficient (Wildman–Crippen LogP) is 7.48. The van der Waals surface area contributed by atoms with Gasteiger partial charge >= 0.3 is 0 Å². The van der Waals surface area contributed by atoms with Crippen molar-refractivity contribution in [3.8, 4) is 11.1 Å². The fourth-order valence-electron chi connectivity index (χ4n) is 4.63. The molecule has 6 rings (SSSR count). The Kier molecular flexibility index (Phi) is 3.69. The van der Waals surface area contributed by atoms with Crippen molar-refractivity contribution in [3.05, 3.63) is 120 Å². The number of carbonyl (C=O) groups is 1. The van der Waals surface area contributed by atoms with Crippen molar-refractivity contribution < 1.29 is 4.79 Å². The average Bonchev–Trinajstić information content (AvgIpc) is 2.82. The van der Waals surface area contributed by atoms with E-state index in [-0.39, 0.29) is 5.78 Å². The number of carbonyl (C=O) groups excluding carboxylic acids is 1. The van der Waals surface area contributed by atoms with Crippen LogP contribution >= 0.6 is 0 Å². The highest BCUT2D eigenvalue weighted by Gasteiger charge is 2.17. The quantitative estimate of drug-likeness (QED) is 0.229. The molecule has 0 saturated heterocycles. The summed E-state index contributed by atoms with van der Waals surface area (Å²) in [6, 6.07) is 37.0. The molecule has 0 aliphatic rings. The molecule has 0 bridgehead atoms. The van der Waals surface area contributed by atoms with Gasteiger partial charge in [0.1, 0.15) is 0 Å². The van der Waals surface area contributed by atoms with Gasteiger partial charge in [-0.1, -0.05) is 109 Å². The molecule has 0 unspecified atom stereocenters. The molecule has 0 amide bonds. The van der Waals surface area contributed by atoms with Gasteiger partial charge in [-0.15, -0.1) is 0 Å². The molecule has 0 spiro atoms. The van der Waals surface area contributed by atoms with E-state index in [0.717, 1.165) is 16.7 Å². The standard InChI is InChI=1S/C29H18O/c30-29(22-7-2-1-3-8-22)26-12-5-4-11-23(26)24-17-15-21-14-13-19-9-6-10-20-16-18-25(24)28(21)27(19)20/h1-18H. The highest BCUT2D eigenvalue weighted by molar-refractivity contribution is 6.26. The molecule has 0 heterocycles. The van der Waals surface area contributed by atoms with Crippen molar-refractivity contribution in [2.45, 2.75) is 0 Å². The van der Waals surface area contributed by atoms with Crippen LogP contribution in [0.25, 0.3) is 43.4 Å². The zero-order valence-corrected chi connectivity index (χ0v) is 16.3. The van der Waals surface area contributed by atoms with Crippen LogP contribution in [0.15, 0.2) is 109 Å². The number of hydrogen-bond donors (Lipinski definition) is 0. The summed E-state index contributed by atoms with van der Waals surface area (Å²) >= 11 is 0. The van der Waals surface area contributed by atoms with Gasteiger partial charge in [0, 0.05) is 11.1 Å². The fraction of sp³-hybridized carbons (Fsp3) is 0. The minimum absolute atomic E-state index is 0.0527. The van der Waals surface area contributed by atoms with Crippen molar-refractivity contribution in [1.29, 1.82) is 0 Å². The summed E-state index contributed by atoms with van der Waals surface area (Å²) in [7, 11) is 0. The van der Waals surface area contributed by atoms with Crippen LogP contribution in [0.3, 0.4) is 0 Å². The zero-order valence-electron chi connectivity index (χ0n) is 16.3. The van der Waals surface area contributed by atoms with Crippen LogP contribution in [0.5, 0.6) is 0 Å². The second-order valence-electron chi connectivity index (χ2n) is 7.71. The molecule has 0 aliphatic heterocycles. The van der Waals surface area contributed by atoms with Crippen LogP contribution in [0.2, 0.25) is 0 Å². The summed E-state index contributed by atoms with van der Waals surface area (Å²) < 4.78 is 0. The number of hydrogen-bond acceptors (Lipinski definition) is 1. The van der Waals surface area contributed by atoms with E-state index < -0.39 is 0 Å². The number of ketones is 1. The van der Waals surface area contributed by atoms with E-state index in [1.54, 1.807) is 0 Å². The van der Waals surface area contributed by atoms with Crippen molar-refractivity contribution in [1.82, 2.24) is 0 Å². The summed E-state index contributed by atoms with van der Waals surface area (Å²) in [5, 5.41) is 7.47. The van der Waals surface area contributed by atoms with Gasteiger partial charge < -0.3 is 0 Å². The SMILES string of the molecule is O=C(c1ccccc1)c1ccccc1-c1ccc2ccc3cccc4ccc1c2c34. The van der Waals surface area contributed by atoms with Gasteiger partial charge in [0.15, 0.2) is 5.78 Å². The molecular weight excluding hydrogens is 364 g/mol. The van der Waals surface area contributed by atoms with Crippen LogP contribution in [-0.4, -0.2) is 5.78 Å². The Bertz CT molecular complexity index is 1530.